The maximum atomic E-state index is 11.9. The average Bonchev–Trinajstić information content (AvgIpc) is 2.63. The maximum Gasteiger partial charge on any atom is 0.268 e. The summed E-state index contributed by atoms with van der Waals surface area (Å²) < 4.78 is 0. The van der Waals surface area contributed by atoms with Gasteiger partial charge in [-0.25, -0.2) is 0 Å². The Morgan fingerprint density at radius 1 is 1.35 bits per heavy atom. The Morgan fingerprint density at radius 2 is 2.12 bits per heavy atom. The summed E-state index contributed by atoms with van der Waals surface area (Å²) in [5.41, 5.74) is 3.93. The summed E-state index contributed by atoms with van der Waals surface area (Å²) in [6.07, 6.45) is 0.949. The number of aryl methyl sites for hydroxylation is 2. The predicted molar refractivity (Wildman–Crippen MR) is 70.4 cm³/mol. The highest BCUT2D eigenvalue weighted by molar-refractivity contribution is 6.00. The molecule has 0 aliphatic heterocycles. The molecule has 0 aliphatic carbocycles. The standard InChI is InChI=1S/C14H18N2O/c1-4-7-15-14(17)13-10(3)11-6-5-9(2)8-12(11)16-13/h5-6,8,16H,4,7H2,1-3H3,(H,15,17). The highest BCUT2D eigenvalue weighted by Crippen LogP contribution is 2.22. The van der Waals surface area contributed by atoms with Gasteiger partial charge in [0.1, 0.15) is 5.69 Å². The second kappa shape index (κ2) is 4.62. The molecule has 0 unspecified atom stereocenters. The average molecular weight is 230 g/mol. The van der Waals surface area contributed by atoms with Gasteiger partial charge in [0.05, 0.1) is 0 Å². The first kappa shape index (κ1) is 11.7. The number of aromatic nitrogens is 1. The Kier molecular flexibility index (Phi) is 3.18. The highest BCUT2D eigenvalue weighted by Gasteiger charge is 2.13. The van der Waals surface area contributed by atoms with Gasteiger partial charge in [-0.05, 0) is 37.5 Å². The van der Waals surface area contributed by atoms with Crippen molar-refractivity contribution in [3.05, 3.63) is 35.0 Å². The molecule has 1 aromatic carbocycles. The van der Waals surface area contributed by atoms with Gasteiger partial charge in [0.15, 0.2) is 0 Å². The van der Waals surface area contributed by atoms with Crippen molar-refractivity contribution in [3.63, 3.8) is 0 Å². The number of carbonyl (C=O) groups is 1. The number of fused-ring (bicyclic) bond motifs is 1. The van der Waals surface area contributed by atoms with Crippen molar-refractivity contribution < 1.29 is 4.79 Å². The number of rotatable bonds is 3. The molecule has 90 valence electrons. The quantitative estimate of drug-likeness (QED) is 0.836. The molecule has 1 heterocycles. The minimum Gasteiger partial charge on any atom is -0.351 e. The van der Waals surface area contributed by atoms with Gasteiger partial charge in [0, 0.05) is 17.4 Å². The van der Waals surface area contributed by atoms with Crippen molar-refractivity contribution in [2.75, 3.05) is 6.54 Å². The minimum absolute atomic E-state index is 0.0156. The zero-order valence-corrected chi connectivity index (χ0v) is 10.6. The fourth-order valence-corrected chi connectivity index (χ4v) is 2.01. The second-order valence-corrected chi connectivity index (χ2v) is 4.43. The Morgan fingerprint density at radius 3 is 2.82 bits per heavy atom. The molecule has 0 bridgehead atoms. The molecule has 0 spiro atoms. The molecule has 17 heavy (non-hydrogen) atoms. The van der Waals surface area contributed by atoms with E-state index in [1.807, 2.05) is 20.8 Å². The summed E-state index contributed by atoms with van der Waals surface area (Å²) >= 11 is 0. The molecule has 0 saturated carbocycles. The molecule has 3 nitrogen and oxygen atoms in total. The lowest BCUT2D eigenvalue weighted by Gasteiger charge is -2.01. The number of carbonyl (C=O) groups excluding carboxylic acids is 1. The molecule has 1 amide bonds. The van der Waals surface area contributed by atoms with Crippen LogP contribution in [0.3, 0.4) is 0 Å². The summed E-state index contributed by atoms with van der Waals surface area (Å²) in [4.78, 5) is 15.1. The molecule has 2 rings (SSSR count). The van der Waals surface area contributed by atoms with Crippen LogP contribution in [0.5, 0.6) is 0 Å². The first-order chi connectivity index (χ1) is 8.13. The van der Waals surface area contributed by atoms with Gasteiger partial charge in [0.25, 0.3) is 5.91 Å². The fourth-order valence-electron chi connectivity index (χ4n) is 2.01. The largest absolute Gasteiger partial charge is 0.351 e. The molecule has 0 atom stereocenters. The third kappa shape index (κ3) is 2.18. The number of H-pyrrole nitrogens is 1. The van der Waals surface area contributed by atoms with Gasteiger partial charge in [-0.3, -0.25) is 4.79 Å². The number of hydrogen-bond acceptors (Lipinski definition) is 1. The van der Waals surface area contributed by atoms with E-state index < -0.39 is 0 Å². The van der Waals surface area contributed by atoms with Crippen LogP contribution in [0.15, 0.2) is 18.2 Å². The maximum absolute atomic E-state index is 11.9. The van der Waals surface area contributed by atoms with E-state index >= 15 is 0 Å². The van der Waals surface area contributed by atoms with Crippen molar-refractivity contribution >= 4 is 16.8 Å². The van der Waals surface area contributed by atoms with Crippen LogP contribution in [-0.2, 0) is 0 Å². The topological polar surface area (TPSA) is 44.9 Å². The molecule has 0 fully saturated rings. The molecular formula is C14H18N2O. The monoisotopic (exact) mass is 230 g/mol. The second-order valence-electron chi connectivity index (χ2n) is 4.43. The number of aromatic amines is 1. The molecule has 0 saturated heterocycles. The zero-order valence-electron chi connectivity index (χ0n) is 10.6. The Labute approximate surface area is 101 Å². The van der Waals surface area contributed by atoms with E-state index in [4.69, 9.17) is 0 Å². The smallest absolute Gasteiger partial charge is 0.268 e. The molecule has 0 aliphatic rings. The van der Waals surface area contributed by atoms with E-state index in [9.17, 15) is 4.79 Å². The molecule has 2 N–H and O–H groups in total. The van der Waals surface area contributed by atoms with Crippen molar-refractivity contribution in [2.24, 2.45) is 0 Å². The van der Waals surface area contributed by atoms with Crippen molar-refractivity contribution in [3.8, 4) is 0 Å². The Hall–Kier alpha value is -1.77. The summed E-state index contributed by atoms with van der Waals surface area (Å²) in [5.74, 6) is -0.0156. The number of amides is 1. The lowest BCUT2D eigenvalue weighted by Crippen LogP contribution is -2.24. The normalized spacial score (nSPS) is 10.8. The van der Waals surface area contributed by atoms with Crippen LogP contribution in [0.25, 0.3) is 10.9 Å². The van der Waals surface area contributed by atoms with Crippen molar-refractivity contribution in [1.29, 1.82) is 0 Å². The van der Waals surface area contributed by atoms with Crippen LogP contribution in [0.4, 0.5) is 0 Å². The summed E-state index contributed by atoms with van der Waals surface area (Å²) in [6.45, 7) is 6.79. The zero-order chi connectivity index (χ0) is 12.4. The van der Waals surface area contributed by atoms with Crippen LogP contribution in [0.2, 0.25) is 0 Å². The number of nitrogens with one attached hydrogen (secondary N) is 2. The fraction of sp³-hybridized carbons (Fsp3) is 0.357. The Bertz CT molecular complexity index is 555. The van der Waals surface area contributed by atoms with Crippen molar-refractivity contribution in [2.45, 2.75) is 27.2 Å². The molecule has 1 aromatic heterocycles. The summed E-state index contributed by atoms with van der Waals surface area (Å²) in [7, 11) is 0. The van der Waals surface area contributed by atoms with E-state index in [1.54, 1.807) is 0 Å². The van der Waals surface area contributed by atoms with Gasteiger partial charge in [0.2, 0.25) is 0 Å². The summed E-state index contributed by atoms with van der Waals surface area (Å²) in [6, 6.07) is 6.20. The third-order valence-electron chi connectivity index (χ3n) is 2.98. The van der Waals surface area contributed by atoms with Crippen LogP contribution in [0, 0.1) is 13.8 Å². The SMILES string of the molecule is CCCNC(=O)c1[nH]c2cc(C)ccc2c1C. The summed E-state index contributed by atoms with van der Waals surface area (Å²) in [5, 5.41) is 4.02. The van der Waals surface area contributed by atoms with Gasteiger partial charge < -0.3 is 10.3 Å². The van der Waals surface area contributed by atoms with Gasteiger partial charge in [-0.15, -0.1) is 0 Å². The van der Waals surface area contributed by atoms with Crippen LogP contribution < -0.4 is 5.32 Å². The van der Waals surface area contributed by atoms with Crippen LogP contribution in [-0.4, -0.2) is 17.4 Å². The van der Waals surface area contributed by atoms with E-state index in [0.29, 0.717) is 12.2 Å². The predicted octanol–water partition coefficient (Wildman–Crippen LogP) is 2.92. The number of benzene rings is 1. The van der Waals surface area contributed by atoms with Gasteiger partial charge >= 0.3 is 0 Å². The van der Waals surface area contributed by atoms with Gasteiger partial charge in [-0.2, -0.15) is 0 Å². The van der Waals surface area contributed by atoms with E-state index in [-0.39, 0.29) is 5.91 Å². The van der Waals surface area contributed by atoms with Crippen LogP contribution >= 0.6 is 0 Å². The first-order valence-corrected chi connectivity index (χ1v) is 6.00. The van der Waals surface area contributed by atoms with Crippen LogP contribution in [0.1, 0.15) is 35.0 Å². The molecule has 0 radical (unpaired) electrons. The number of hydrogen-bond donors (Lipinski definition) is 2. The van der Waals surface area contributed by atoms with E-state index in [0.717, 1.165) is 22.9 Å². The Balaban J connectivity index is 2.41. The molecular weight excluding hydrogens is 212 g/mol. The van der Waals surface area contributed by atoms with Gasteiger partial charge in [-0.1, -0.05) is 19.1 Å². The molecule has 3 heteroatoms. The lowest BCUT2D eigenvalue weighted by molar-refractivity contribution is 0.0949. The minimum atomic E-state index is -0.0156. The molecule has 2 aromatic rings. The van der Waals surface area contributed by atoms with E-state index in [2.05, 4.69) is 28.5 Å². The first-order valence-electron chi connectivity index (χ1n) is 6.00. The highest BCUT2D eigenvalue weighted by atomic mass is 16.1. The lowest BCUT2D eigenvalue weighted by atomic mass is 10.1. The van der Waals surface area contributed by atoms with Crippen molar-refractivity contribution in [1.82, 2.24) is 10.3 Å². The third-order valence-corrected chi connectivity index (χ3v) is 2.98. The van der Waals surface area contributed by atoms with E-state index in [1.165, 1.54) is 5.56 Å².